The Labute approximate surface area is 159 Å². The summed E-state index contributed by atoms with van der Waals surface area (Å²) >= 11 is 0. The van der Waals surface area contributed by atoms with Gasteiger partial charge < -0.3 is 24.8 Å². The molecule has 0 aromatic carbocycles. The zero-order valence-corrected chi connectivity index (χ0v) is 16.5. The second-order valence-electron chi connectivity index (χ2n) is 7.35. The van der Waals surface area contributed by atoms with Gasteiger partial charge in [-0.15, -0.1) is 0 Å². The molecule has 1 aliphatic rings. The first kappa shape index (κ1) is 23.6. The largest absolute Gasteiger partial charge is 0.388 e. The second kappa shape index (κ2) is 15.6. The fourth-order valence-corrected chi connectivity index (χ4v) is 3.25. The fourth-order valence-electron chi connectivity index (χ4n) is 3.25. The van der Waals surface area contributed by atoms with E-state index in [0.29, 0.717) is 6.61 Å². The molecule has 0 radical (unpaired) electrons. The first-order chi connectivity index (χ1) is 12.7. The van der Waals surface area contributed by atoms with Gasteiger partial charge in [0.1, 0.15) is 24.4 Å². The minimum atomic E-state index is -1.03. The van der Waals surface area contributed by atoms with Gasteiger partial charge in [0.2, 0.25) is 0 Å². The third-order valence-corrected chi connectivity index (χ3v) is 4.92. The maximum atomic E-state index is 9.92. The molecule has 0 spiro atoms. The molecule has 5 nitrogen and oxygen atoms in total. The van der Waals surface area contributed by atoms with Crippen LogP contribution in [0.15, 0.2) is 12.2 Å². The highest BCUT2D eigenvalue weighted by molar-refractivity contribution is 4.87. The molecule has 0 saturated carbocycles. The predicted octanol–water partition coefficient (Wildman–Crippen LogP) is 3.35. The molecule has 154 valence electrons. The molecule has 0 aromatic heterocycles. The van der Waals surface area contributed by atoms with Crippen LogP contribution in [0.1, 0.15) is 77.6 Å². The molecule has 0 aromatic rings. The lowest BCUT2D eigenvalue weighted by Crippen LogP contribution is -2.40. The maximum absolute atomic E-state index is 9.92. The number of ether oxygens (including phenoxy) is 2. The summed E-state index contributed by atoms with van der Waals surface area (Å²) in [5.41, 5.74) is 0. The van der Waals surface area contributed by atoms with E-state index in [1.807, 2.05) is 0 Å². The Bertz CT molecular complexity index is 347. The van der Waals surface area contributed by atoms with E-state index in [2.05, 4.69) is 19.1 Å². The number of unbranched alkanes of at least 4 members (excludes halogenated alkanes) is 9. The highest BCUT2D eigenvalue weighted by Gasteiger charge is 2.39. The van der Waals surface area contributed by atoms with Crippen LogP contribution in [-0.4, -0.2) is 59.6 Å². The van der Waals surface area contributed by atoms with Crippen LogP contribution < -0.4 is 0 Å². The highest BCUT2D eigenvalue weighted by atomic mass is 16.5. The lowest BCUT2D eigenvalue weighted by molar-refractivity contribution is -0.0813. The van der Waals surface area contributed by atoms with Crippen molar-refractivity contribution < 1.29 is 24.8 Å². The van der Waals surface area contributed by atoms with Gasteiger partial charge in [0, 0.05) is 6.61 Å². The molecule has 1 rings (SSSR count). The topological polar surface area (TPSA) is 79.2 Å². The summed E-state index contributed by atoms with van der Waals surface area (Å²) < 4.78 is 10.6. The molecule has 1 fully saturated rings. The summed E-state index contributed by atoms with van der Waals surface area (Å²) in [6.07, 6.45) is 14.7. The molecular weight excluding hydrogens is 332 g/mol. The van der Waals surface area contributed by atoms with Crippen molar-refractivity contribution in [1.29, 1.82) is 0 Å². The number of hydrogen-bond acceptors (Lipinski definition) is 5. The highest BCUT2D eigenvalue weighted by Crippen LogP contribution is 2.18. The van der Waals surface area contributed by atoms with Gasteiger partial charge in [0.05, 0.1) is 13.2 Å². The van der Waals surface area contributed by atoms with E-state index in [-0.39, 0.29) is 13.2 Å². The summed E-state index contributed by atoms with van der Waals surface area (Å²) in [5.74, 6) is 0. The Balaban J connectivity index is 1.80. The van der Waals surface area contributed by atoms with Crippen molar-refractivity contribution in [3.05, 3.63) is 12.2 Å². The van der Waals surface area contributed by atoms with Gasteiger partial charge in [-0.25, -0.2) is 0 Å². The number of allylic oxidation sites excluding steroid dienone is 2. The molecule has 1 heterocycles. The number of aliphatic hydroxyl groups excluding tert-OH is 3. The molecule has 0 bridgehead atoms. The van der Waals surface area contributed by atoms with Crippen molar-refractivity contribution in [2.75, 3.05) is 19.8 Å². The monoisotopic (exact) mass is 372 g/mol. The van der Waals surface area contributed by atoms with E-state index in [1.165, 1.54) is 51.4 Å². The van der Waals surface area contributed by atoms with Gasteiger partial charge in [-0.3, -0.25) is 0 Å². The average molecular weight is 373 g/mol. The molecular formula is C21H40O5. The summed E-state index contributed by atoms with van der Waals surface area (Å²) in [7, 11) is 0. The first-order valence-corrected chi connectivity index (χ1v) is 10.5. The number of hydrogen-bond donors (Lipinski definition) is 3. The molecule has 3 N–H and O–H groups in total. The third kappa shape index (κ3) is 10.6. The SMILES string of the molecule is CC/C=C/CCCCCCCCCCCOC[C@@H](O)[C@H]1OC[C@H](O)[C@H]1O. The summed E-state index contributed by atoms with van der Waals surface area (Å²) in [5, 5.41) is 29.0. The van der Waals surface area contributed by atoms with Gasteiger partial charge in [-0.1, -0.05) is 64.0 Å². The quantitative estimate of drug-likeness (QED) is 0.286. The van der Waals surface area contributed by atoms with E-state index in [4.69, 9.17) is 9.47 Å². The van der Waals surface area contributed by atoms with Crippen LogP contribution in [0.3, 0.4) is 0 Å². The Morgan fingerprint density at radius 1 is 0.962 bits per heavy atom. The summed E-state index contributed by atoms with van der Waals surface area (Å²) in [6.45, 7) is 3.00. The zero-order valence-electron chi connectivity index (χ0n) is 16.5. The number of rotatable bonds is 16. The van der Waals surface area contributed by atoms with Crippen LogP contribution in [0.4, 0.5) is 0 Å². The van der Waals surface area contributed by atoms with Crippen molar-refractivity contribution in [2.24, 2.45) is 0 Å². The fraction of sp³-hybridized carbons (Fsp3) is 0.905. The Hall–Kier alpha value is -0.460. The van der Waals surface area contributed by atoms with Crippen LogP contribution in [0, 0.1) is 0 Å². The number of aliphatic hydroxyl groups is 3. The molecule has 0 unspecified atom stereocenters. The van der Waals surface area contributed by atoms with Crippen LogP contribution in [0.5, 0.6) is 0 Å². The molecule has 1 saturated heterocycles. The normalized spacial score (nSPS) is 24.5. The Morgan fingerprint density at radius 3 is 2.15 bits per heavy atom. The van der Waals surface area contributed by atoms with E-state index in [0.717, 1.165) is 19.3 Å². The molecule has 4 atom stereocenters. The minimum absolute atomic E-state index is 0.0683. The van der Waals surface area contributed by atoms with Gasteiger partial charge >= 0.3 is 0 Å². The van der Waals surface area contributed by atoms with E-state index >= 15 is 0 Å². The van der Waals surface area contributed by atoms with Crippen molar-refractivity contribution in [2.45, 2.75) is 102 Å². The summed E-state index contributed by atoms with van der Waals surface area (Å²) in [4.78, 5) is 0. The van der Waals surface area contributed by atoms with Crippen molar-refractivity contribution >= 4 is 0 Å². The second-order valence-corrected chi connectivity index (χ2v) is 7.35. The molecule has 0 aliphatic carbocycles. The van der Waals surface area contributed by atoms with Gasteiger partial charge in [-0.2, -0.15) is 0 Å². The van der Waals surface area contributed by atoms with Crippen LogP contribution in [-0.2, 0) is 9.47 Å². The third-order valence-electron chi connectivity index (χ3n) is 4.92. The lowest BCUT2D eigenvalue weighted by atomic mass is 10.1. The van der Waals surface area contributed by atoms with E-state index in [9.17, 15) is 15.3 Å². The van der Waals surface area contributed by atoms with Gasteiger partial charge in [0.25, 0.3) is 0 Å². The summed E-state index contributed by atoms with van der Waals surface area (Å²) in [6, 6.07) is 0. The van der Waals surface area contributed by atoms with Crippen LogP contribution in [0.2, 0.25) is 0 Å². The maximum Gasteiger partial charge on any atom is 0.114 e. The van der Waals surface area contributed by atoms with Gasteiger partial charge in [0.15, 0.2) is 0 Å². The average Bonchev–Trinajstić information content (AvgIpc) is 2.97. The van der Waals surface area contributed by atoms with E-state index in [1.54, 1.807) is 0 Å². The van der Waals surface area contributed by atoms with Crippen LogP contribution in [0.25, 0.3) is 0 Å². The van der Waals surface area contributed by atoms with Crippen LogP contribution >= 0.6 is 0 Å². The molecule has 0 amide bonds. The molecule has 5 heteroatoms. The molecule has 26 heavy (non-hydrogen) atoms. The molecule has 1 aliphatic heterocycles. The first-order valence-electron chi connectivity index (χ1n) is 10.5. The lowest BCUT2D eigenvalue weighted by Gasteiger charge is -2.20. The van der Waals surface area contributed by atoms with Gasteiger partial charge in [-0.05, 0) is 25.7 Å². The van der Waals surface area contributed by atoms with Crippen molar-refractivity contribution in [1.82, 2.24) is 0 Å². The predicted molar refractivity (Wildman–Crippen MR) is 104 cm³/mol. The standard InChI is InChI=1S/C21H40O5/c1-2-3-4-5-6-7-8-9-10-11-12-13-14-15-25-16-19(23)21-20(24)18(22)17-26-21/h3-4,18-24H,2,5-17H2,1H3/b4-3+/t18-,19+,20+,21+/m0/s1. The Morgan fingerprint density at radius 2 is 1.58 bits per heavy atom. The minimum Gasteiger partial charge on any atom is -0.388 e. The van der Waals surface area contributed by atoms with Crippen molar-refractivity contribution in [3.8, 4) is 0 Å². The Kier molecular flexibility index (Phi) is 14.1. The smallest absolute Gasteiger partial charge is 0.114 e. The van der Waals surface area contributed by atoms with Crippen molar-refractivity contribution in [3.63, 3.8) is 0 Å². The zero-order chi connectivity index (χ0) is 19.0. The van der Waals surface area contributed by atoms with E-state index < -0.39 is 24.4 Å².